The third kappa shape index (κ3) is 6.18. The Morgan fingerprint density at radius 1 is 1.00 bits per heavy atom. The Kier molecular flexibility index (Phi) is 9.96. The highest BCUT2D eigenvalue weighted by Gasteiger charge is 2.62. The van der Waals surface area contributed by atoms with Gasteiger partial charge in [-0.15, -0.1) is 0 Å². The molecule has 0 radical (unpaired) electrons. The Hall–Kier alpha value is -1.42. The summed E-state index contributed by atoms with van der Waals surface area (Å²) in [6.45, 7) is 2.36. The molecule has 33 heavy (non-hydrogen) atoms. The van der Waals surface area contributed by atoms with Gasteiger partial charge in [0, 0.05) is 6.92 Å². The number of ether oxygens (including phenoxy) is 5. The van der Waals surface area contributed by atoms with E-state index in [-0.39, 0.29) is 0 Å². The molecule has 2 rings (SSSR count). The van der Waals surface area contributed by atoms with E-state index < -0.39 is 92.5 Å². The number of hydrogen-bond acceptors (Lipinski definition) is 13. The fraction of sp³-hybridized carbons (Fsp3) is 0.900. The lowest BCUT2D eigenvalue weighted by Crippen LogP contribution is -2.63. The average Bonchev–Trinajstić information content (AvgIpc) is 3.04. The van der Waals surface area contributed by atoms with Gasteiger partial charge in [-0.3, -0.25) is 9.59 Å². The van der Waals surface area contributed by atoms with E-state index in [0.29, 0.717) is 12.8 Å². The highest BCUT2D eigenvalue weighted by molar-refractivity contribution is 5.72. The van der Waals surface area contributed by atoms with Crippen LogP contribution in [0.4, 0.5) is 0 Å². The predicted molar refractivity (Wildman–Crippen MR) is 106 cm³/mol. The number of carbonyl (C=O) groups excluding carboxylic acids is 2. The maximum atomic E-state index is 12.6. The number of hydrogen-bond donors (Lipinski definition) is 6. The van der Waals surface area contributed by atoms with E-state index in [0.717, 1.165) is 6.92 Å². The van der Waals surface area contributed by atoms with Gasteiger partial charge in [-0.1, -0.05) is 20.3 Å². The van der Waals surface area contributed by atoms with Gasteiger partial charge in [-0.25, -0.2) is 0 Å². The van der Waals surface area contributed by atoms with Gasteiger partial charge in [0.25, 0.3) is 0 Å². The molecule has 2 aliphatic heterocycles. The van der Waals surface area contributed by atoms with E-state index in [2.05, 4.69) is 0 Å². The van der Waals surface area contributed by atoms with E-state index in [1.54, 1.807) is 6.92 Å². The maximum Gasteiger partial charge on any atom is 0.309 e. The van der Waals surface area contributed by atoms with Crippen molar-refractivity contribution in [2.24, 2.45) is 5.92 Å². The van der Waals surface area contributed by atoms with Crippen molar-refractivity contribution >= 4 is 11.9 Å². The van der Waals surface area contributed by atoms with E-state index in [1.165, 1.54) is 0 Å². The quantitative estimate of drug-likeness (QED) is 0.174. The zero-order chi connectivity index (χ0) is 24.9. The van der Waals surface area contributed by atoms with Gasteiger partial charge < -0.3 is 54.3 Å². The largest absolute Gasteiger partial charge is 0.460 e. The van der Waals surface area contributed by atoms with Gasteiger partial charge in [0.1, 0.15) is 43.2 Å². The second-order valence-corrected chi connectivity index (χ2v) is 8.28. The van der Waals surface area contributed by atoms with Crippen molar-refractivity contribution in [3.8, 4) is 0 Å². The minimum absolute atomic E-state index is 0.483. The monoisotopic (exact) mass is 482 g/mol. The molecule has 2 aliphatic rings. The molecule has 0 amide bonds. The van der Waals surface area contributed by atoms with Gasteiger partial charge in [0.2, 0.25) is 5.79 Å². The van der Waals surface area contributed by atoms with Crippen molar-refractivity contribution in [2.45, 2.75) is 88.4 Å². The number of aliphatic hydroxyl groups is 6. The first-order valence-electron chi connectivity index (χ1n) is 10.8. The third-order valence-electron chi connectivity index (χ3n) is 5.66. The van der Waals surface area contributed by atoms with Crippen LogP contribution in [0.5, 0.6) is 0 Å². The Morgan fingerprint density at radius 2 is 1.64 bits per heavy atom. The van der Waals surface area contributed by atoms with Gasteiger partial charge in [0.05, 0.1) is 19.1 Å². The summed E-state index contributed by atoms with van der Waals surface area (Å²) in [6, 6.07) is 0. The van der Waals surface area contributed by atoms with Gasteiger partial charge in [-0.2, -0.15) is 0 Å². The molecule has 0 aromatic heterocycles. The van der Waals surface area contributed by atoms with E-state index in [9.17, 15) is 40.2 Å². The molecule has 192 valence electrons. The minimum atomic E-state index is -2.26. The first-order chi connectivity index (χ1) is 15.5. The SMILES string of the molecule is CCCC(C)C(=O)O[C@H]1[C@H](O)[C@@H](CO)O[C@@]1(COC(C)=O)O[C@H]1O[C@H](CO)[C@@H](O)[C@H](O)[C@H]1O. The van der Waals surface area contributed by atoms with Crippen LogP contribution >= 0.6 is 0 Å². The summed E-state index contributed by atoms with van der Waals surface area (Å²) in [5.41, 5.74) is 0. The highest BCUT2D eigenvalue weighted by atomic mass is 16.8. The number of esters is 2. The lowest BCUT2D eigenvalue weighted by molar-refractivity contribution is -0.384. The molecule has 10 atom stereocenters. The average molecular weight is 482 g/mol. The molecular weight excluding hydrogens is 448 g/mol. The predicted octanol–water partition coefficient (Wildman–Crippen LogP) is -2.84. The molecule has 0 bridgehead atoms. The molecule has 0 aromatic rings. The zero-order valence-electron chi connectivity index (χ0n) is 18.8. The molecule has 1 unspecified atom stereocenters. The lowest BCUT2D eigenvalue weighted by atomic mass is 9.98. The third-order valence-corrected chi connectivity index (χ3v) is 5.66. The summed E-state index contributed by atoms with van der Waals surface area (Å²) in [4.78, 5) is 24.1. The van der Waals surface area contributed by atoms with Crippen molar-refractivity contribution in [3.63, 3.8) is 0 Å². The van der Waals surface area contributed by atoms with Crippen LogP contribution in [0.15, 0.2) is 0 Å². The molecule has 2 saturated heterocycles. The molecule has 2 fully saturated rings. The number of carbonyl (C=O) groups is 2. The first kappa shape index (κ1) is 27.8. The summed E-state index contributed by atoms with van der Waals surface area (Å²) in [5, 5.41) is 60.1. The van der Waals surface area contributed by atoms with Crippen LogP contribution in [0.2, 0.25) is 0 Å². The van der Waals surface area contributed by atoms with Crippen molar-refractivity contribution < 1.29 is 63.9 Å². The molecular formula is C20H34O13. The van der Waals surface area contributed by atoms with Crippen LogP contribution in [0.25, 0.3) is 0 Å². The molecule has 0 aromatic carbocycles. The zero-order valence-corrected chi connectivity index (χ0v) is 18.8. The minimum Gasteiger partial charge on any atom is -0.460 e. The Morgan fingerprint density at radius 3 is 2.18 bits per heavy atom. The smallest absolute Gasteiger partial charge is 0.309 e. The van der Waals surface area contributed by atoms with Crippen molar-refractivity contribution in [2.75, 3.05) is 19.8 Å². The summed E-state index contributed by atoms with van der Waals surface area (Å²) >= 11 is 0. The fourth-order valence-electron chi connectivity index (χ4n) is 3.75. The second kappa shape index (κ2) is 11.8. The van der Waals surface area contributed by atoms with E-state index >= 15 is 0 Å². The summed E-state index contributed by atoms with van der Waals surface area (Å²) < 4.78 is 27.1. The molecule has 2 heterocycles. The molecule has 6 N–H and O–H groups in total. The first-order valence-corrected chi connectivity index (χ1v) is 10.8. The molecule has 13 nitrogen and oxygen atoms in total. The van der Waals surface area contributed by atoms with Crippen LogP contribution in [0, 0.1) is 5.92 Å². The topological polar surface area (TPSA) is 202 Å². The highest BCUT2D eigenvalue weighted by Crippen LogP contribution is 2.39. The van der Waals surface area contributed by atoms with Crippen LogP contribution in [0.3, 0.4) is 0 Å². The number of aliphatic hydroxyl groups excluding tert-OH is 6. The second-order valence-electron chi connectivity index (χ2n) is 8.28. The van der Waals surface area contributed by atoms with Gasteiger partial charge in [-0.05, 0) is 6.42 Å². The van der Waals surface area contributed by atoms with Crippen molar-refractivity contribution in [1.29, 1.82) is 0 Å². The van der Waals surface area contributed by atoms with Crippen molar-refractivity contribution in [1.82, 2.24) is 0 Å². The maximum absolute atomic E-state index is 12.6. The molecule has 13 heteroatoms. The van der Waals surface area contributed by atoms with E-state index in [1.807, 2.05) is 6.92 Å². The summed E-state index contributed by atoms with van der Waals surface area (Å²) in [6.07, 6.45) is -11.8. The van der Waals surface area contributed by atoms with Crippen LogP contribution in [-0.4, -0.2) is 117 Å². The molecule has 0 spiro atoms. The summed E-state index contributed by atoms with van der Waals surface area (Å²) in [7, 11) is 0. The molecule has 0 saturated carbocycles. The van der Waals surface area contributed by atoms with Crippen molar-refractivity contribution in [3.05, 3.63) is 0 Å². The summed E-state index contributed by atoms with van der Waals surface area (Å²) in [5.74, 6) is -4.31. The Balaban J connectivity index is 2.39. The number of rotatable bonds is 10. The Bertz CT molecular complexity index is 658. The van der Waals surface area contributed by atoms with Crippen LogP contribution in [-0.2, 0) is 33.3 Å². The van der Waals surface area contributed by atoms with Crippen LogP contribution in [0.1, 0.15) is 33.6 Å². The standard InChI is InChI=1S/C20H34O13/c1-4-5-9(2)18(28)31-17-14(25)12(7-22)32-20(17,8-29-10(3)23)33-19-16(27)15(26)13(24)11(6-21)30-19/h9,11-17,19,21-22,24-27H,4-8H2,1-3H3/t9?,11-,12-,13-,14-,15+,16-,17+,19-,20+/m1/s1. The fourth-order valence-corrected chi connectivity index (χ4v) is 3.75. The van der Waals surface area contributed by atoms with Crippen LogP contribution < -0.4 is 0 Å². The van der Waals surface area contributed by atoms with Gasteiger partial charge in [0.15, 0.2) is 12.4 Å². The van der Waals surface area contributed by atoms with Gasteiger partial charge >= 0.3 is 11.9 Å². The lowest BCUT2D eigenvalue weighted by Gasteiger charge is -2.43. The molecule has 0 aliphatic carbocycles. The Labute approximate surface area is 190 Å². The van der Waals surface area contributed by atoms with E-state index in [4.69, 9.17) is 23.7 Å². The normalized spacial score (nSPS) is 39.8.